The molecular weight excluding hydrogens is 338 g/mol. The molecular formula is C18H21N3O5. The van der Waals surface area contributed by atoms with Gasteiger partial charge in [0.25, 0.3) is 5.91 Å². The van der Waals surface area contributed by atoms with E-state index in [4.69, 9.17) is 14.2 Å². The molecule has 1 atom stereocenters. The Kier molecular flexibility index (Phi) is 7.04. The average Bonchev–Trinajstić information content (AvgIpc) is 2.61. The number of benzene rings is 1. The maximum atomic E-state index is 12.5. The lowest BCUT2D eigenvalue weighted by Crippen LogP contribution is -2.19. The minimum absolute atomic E-state index is 0.0383. The van der Waals surface area contributed by atoms with Crippen molar-refractivity contribution in [3.8, 4) is 5.75 Å². The van der Waals surface area contributed by atoms with Crippen molar-refractivity contribution < 1.29 is 23.8 Å². The van der Waals surface area contributed by atoms with Crippen LogP contribution in [0.3, 0.4) is 0 Å². The summed E-state index contributed by atoms with van der Waals surface area (Å²) in [7, 11) is 1.58. The molecule has 8 nitrogen and oxygen atoms in total. The summed E-state index contributed by atoms with van der Waals surface area (Å²) >= 11 is 0. The molecule has 0 aliphatic rings. The van der Waals surface area contributed by atoms with Gasteiger partial charge in [0.2, 0.25) is 0 Å². The molecule has 1 amide bonds. The minimum atomic E-state index is -0.408. The van der Waals surface area contributed by atoms with Crippen LogP contribution >= 0.6 is 0 Å². The molecule has 0 fully saturated rings. The molecule has 0 unspecified atom stereocenters. The Morgan fingerprint density at radius 3 is 2.69 bits per heavy atom. The molecule has 0 saturated heterocycles. The van der Waals surface area contributed by atoms with Crippen LogP contribution in [-0.2, 0) is 20.9 Å². The second-order valence-corrected chi connectivity index (χ2v) is 5.57. The molecule has 2 rings (SSSR count). The SMILES string of the molecule is COC[C@H](C)Oc1cc(COC(C)=O)cc(C(=O)Nc2cnccn2)c1. The summed E-state index contributed by atoms with van der Waals surface area (Å²) in [5.74, 6) is 0.0238. The van der Waals surface area contributed by atoms with Gasteiger partial charge in [-0.25, -0.2) is 4.98 Å². The Morgan fingerprint density at radius 2 is 2.04 bits per heavy atom. The quantitative estimate of drug-likeness (QED) is 0.721. The van der Waals surface area contributed by atoms with Gasteiger partial charge in [0.05, 0.1) is 12.8 Å². The van der Waals surface area contributed by atoms with Crippen molar-refractivity contribution in [1.29, 1.82) is 0 Å². The Balaban J connectivity index is 2.22. The minimum Gasteiger partial charge on any atom is -0.488 e. The first-order valence-electron chi connectivity index (χ1n) is 7.98. The Hall–Kier alpha value is -3.00. The van der Waals surface area contributed by atoms with E-state index >= 15 is 0 Å². The molecule has 138 valence electrons. The lowest BCUT2D eigenvalue weighted by atomic mass is 10.1. The van der Waals surface area contributed by atoms with Crippen LogP contribution < -0.4 is 10.1 Å². The fourth-order valence-electron chi connectivity index (χ4n) is 2.18. The summed E-state index contributed by atoms with van der Waals surface area (Å²) < 4.78 is 15.8. The molecule has 0 aliphatic carbocycles. The van der Waals surface area contributed by atoms with E-state index in [9.17, 15) is 9.59 Å². The van der Waals surface area contributed by atoms with Crippen molar-refractivity contribution in [1.82, 2.24) is 9.97 Å². The van der Waals surface area contributed by atoms with Crippen LogP contribution in [0.15, 0.2) is 36.8 Å². The fraction of sp³-hybridized carbons (Fsp3) is 0.333. The fourth-order valence-corrected chi connectivity index (χ4v) is 2.18. The number of esters is 1. The number of nitrogens with zero attached hydrogens (tertiary/aromatic N) is 2. The largest absolute Gasteiger partial charge is 0.488 e. The van der Waals surface area contributed by atoms with Crippen LogP contribution in [0.4, 0.5) is 5.82 Å². The number of hydrogen-bond acceptors (Lipinski definition) is 7. The van der Waals surface area contributed by atoms with E-state index in [1.54, 1.807) is 25.3 Å². The Morgan fingerprint density at radius 1 is 1.23 bits per heavy atom. The van der Waals surface area contributed by atoms with Crippen LogP contribution in [0.25, 0.3) is 0 Å². The maximum Gasteiger partial charge on any atom is 0.302 e. The van der Waals surface area contributed by atoms with E-state index in [1.165, 1.54) is 25.5 Å². The Bertz CT molecular complexity index is 752. The van der Waals surface area contributed by atoms with Gasteiger partial charge >= 0.3 is 5.97 Å². The summed E-state index contributed by atoms with van der Waals surface area (Å²) in [6.07, 6.45) is 4.23. The van der Waals surface area contributed by atoms with Crippen LogP contribution in [-0.4, -0.2) is 41.7 Å². The number of carbonyl (C=O) groups excluding carboxylic acids is 2. The summed E-state index contributed by atoms with van der Waals surface area (Å²) in [4.78, 5) is 31.5. The monoisotopic (exact) mass is 359 g/mol. The van der Waals surface area contributed by atoms with E-state index < -0.39 is 5.97 Å². The van der Waals surface area contributed by atoms with Crippen molar-refractivity contribution >= 4 is 17.7 Å². The van der Waals surface area contributed by atoms with Crippen molar-refractivity contribution in [2.75, 3.05) is 19.0 Å². The number of anilines is 1. The van der Waals surface area contributed by atoms with E-state index in [-0.39, 0.29) is 18.6 Å². The number of nitrogens with one attached hydrogen (secondary N) is 1. The number of carbonyl (C=O) groups is 2. The summed E-state index contributed by atoms with van der Waals surface area (Å²) in [6, 6.07) is 4.95. The first-order chi connectivity index (χ1) is 12.5. The van der Waals surface area contributed by atoms with E-state index in [2.05, 4.69) is 15.3 Å². The topological polar surface area (TPSA) is 99.6 Å². The highest BCUT2D eigenvalue weighted by atomic mass is 16.5. The highest BCUT2D eigenvalue weighted by Crippen LogP contribution is 2.20. The van der Waals surface area contributed by atoms with Crippen LogP contribution in [0.1, 0.15) is 29.8 Å². The van der Waals surface area contributed by atoms with Gasteiger partial charge in [0.1, 0.15) is 18.5 Å². The standard InChI is InChI=1S/C18H21N3O5/c1-12(10-24-3)26-16-7-14(11-25-13(2)22)6-15(8-16)18(23)21-17-9-19-4-5-20-17/h4-9,12H,10-11H2,1-3H3,(H,20,21,23)/t12-/m0/s1. The second kappa shape index (κ2) is 9.47. The number of methoxy groups -OCH3 is 1. The molecule has 1 heterocycles. The van der Waals surface area contributed by atoms with Crippen molar-refractivity contribution in [3.63, 3.8) is 0 Å². The summed E-state index contributed by atoms with van der Waals surface area (Å²) in [5, 5.41) is 2.66. The molecule has 26 heavy (non-hydrogen) atoms. The zero-order valence-electron chi connectivity index (χ0n) is 14.9. The lowest BCUT2D eigenvalue weighted by molar-refractivity contribution is -0.142. The smallest absolute Gasteiger partial charge is 0.302 e. The number of ether oxygens (including phenoxy) is 3. The van der Waals surface area contributed by atoms with Gasteiger partial charge < -0.3 is 19.5 Å². The third-order valence-electron chi connectivity index (χ3n) is 3.21. The normalized spacial score (nSPS) is 11.5. The van der Waals surface area contributed by atoms with E-state index in [0.717, 1.165) is 0 Å². The molecule has 0 aliphatic heterocycles. The number of rotatable bonds is 8. The van der Waals surface area contributed by atoms with Gasteiger partial charge in [-0.3, -0.25) is 14.6 Å². The van der Waals surface area contributed by atoms with E-state index in [0.29, 0.717) is 29.3 Å². The maximum absolute atomic E-state index is 12.5. The highest BCUT2D eigenvalue weighted by molar-refractivity contribution is 6.04. The molecule has 0 bridgehead atoms. The van der Waals surface area contributed by atoms with Crippen molar-refractivity contribution in [2.45, 2.75) is 26.6 Å². The molecule has 1 N–H and O–H groups in total. The van der Waals surface area contributed by atoms with Gasteiger partial charge in [-0.05, 0) is 30.7 Å². The van der Waals surface area contributed by atoms with Crippen LogP contribution in [0.5, 0.6) is 5.75 Å². The van der Waals surface area contributed by atoms with Crippen molar-refractivity contribution in [3.05, 3.63) is 47.9 Å². The number of hydrogen-bond donors (Lipinski definition) is 1. The molecule has 0 radical (unpaired) electrons. The molecule has 0 saturated carbocycles. The molecule has 1 aromatic carbocycles. The zero-order valence-corrected chi connectivity index (χ0v) is 14.9. The first-order valence-corrected chi connectivity index (χ1v) is 7.98. The van der Waals surface area contributed by atoms with Crippen LogP contribution in [0.2, 0.25) is 0 Å². The van der Waals surface area contributed by atoms with Gasteiger partial charge in [0, 0.05) is 32.0 Å². The summed E-state index contributed by atoms with van der Waals surface area (Å²) in [5.41, 5.74) is 0.978. The zero-order chi connectivity index (χ0) is 18.9. The average molecular weight is 359 g/mol. The van der Waals surface area contributed by atoms with Crippen LogP contribution in [0, 0.1) is 0 Å². The number of aromatic nitrogens is 2. The first kappa shape index (κ1) is 19.3. The van der Waals surface area contributed by atoms with Gasteiger partial charge in [0.15, 0.2) is 5.82 Å². The third-order valence-corrected chi connectivity index (χ3v) is 3.21. The van der Waals surface area contributed by atoms with Gasteiger partial charge in [-0.1, -0.05) is 0 Å². The second-order valence-electron chi connectivity index (χ2n) is 5.57. The van der Waals surface area contributed by atoms with Gasteiger partial charge in [-0.15, -0.1) is 0 Å². The number of amides is 1. The van der Waals surface area contributed by atoms with E-state index in [1.807, 2.05) is 6.92 Å². The lowest BCUT2D eigenvalue weighted by Gasteiger charge is -2.16. The predicted molar refractivity (Wildman–Crippen MR) is 93.9 cm³/mol. The highest BCUT2D eigenvalue weighted by Gasteiger charge is 2.13. The molecule has 2 aromatic rings. The van der Waals surface area contributed by atoms with Crippen molar-refractivity contribution in [2.24, 2.45) is 0 Å². The summed E-state index contributed by atoms with van der Waals surface area (Å²) in [6.45, 7) is 3.61. The molecule has 1 aromatic heterocycles. The Labute approximate surface area is 151 Å². The predicted octanol–water partition coefficient (Wildman–Crippen LogP) is 2.21. The molecule has 8 heteroatoms. The van der Waals surface area contributed by atoms with Gasteiger partial charge in [-0.2, -0.15) is 0 Å². The third kappa shape index (κ3) is 6.14. The molecule has 0 spiro atoms.